The molecular weight excluding hydrogens is 341 g/mol. The van der Waals surface area contributed by atoms with Gasteiger partial charge in [0.25, 0.3) is 0 Å². The van der Waals surface area contributed by atoms with Crippen molar-refractivity contribution in [2.24, 2.45) is 11.7 Å². The van der Waals surface area contributed by atoms with Crippen LogP contribution in [-0.4, -0.2) is 31.9 Å². The fourth-order valence-corrected chi connectivity index (χ4v) is 4.37. The molecule has 2 N–H and O–H groups in total. The van der Waals surface area contributed by atoms with Gasteiger partial charge in [-0.25, -0.2) is 8.42 Å². The third-order valence-corrected chi connectivity index (χ3v) is 5.95. The van der Waals surface area contributed by atoms with Crippen molar-refractivity contribution in [1.29, 1.82) is 0 Å². The molecule has 4 nitrogen and oxygen atoms in total. The summed E-state index contributed by atoms with van der Waals surface area (Å²) in [5.41, 5.74) is 4.50. The first-order chi connectivity index (χ1) is 10.0. The lowest BCUT2D eigenvalue weighted by Gasteiger charge is -2.20. The molecular formula is C13H16ClF3N2O2S. The third-order valence-electron chi connectivity index (χ3n) is 3.80. The largest absolute Gasteiger partial charge is 0.417 e. The second-order valence-corrected chi connectivity index (χ2v) is 7.75. The normalized spacial score (nSPS) is 22.0. The number of hydrogen-bond donors (Lipinski definition) is 1. The molecule has 0 amide bonds. The summed E-state index contributed by atoms with van der Waals surface area (Å²) in [7, 11) is -4.24. The summed E-state index contributed by atoms with van der Waals surface area (Å²) in [5.74, 6) is -0.0589. The molecule has 1 aromatic rings. The summed E-state index contributed by atoms with van der Waals surface area (Å²) in [6.07, 6.45) is -4.26. The number of benzene rings is 1. The van der Waals surface area contributed by atoms with E-state index in [-0.39, 0.29) is 30.1 Å². The van der Waals surface area contributed by atoms with Crippen molar-refractivity contribution in [2.75, 3.05) is 13.1 Å². The molecule has 1 aliphatic rings. The molecule has 2 atom stereocenters. The van der Waals surface area contributed by atoms with E-state index in [1.165, 1.54) is 0 Å². The Kier molecular flexibility index (Phi) is 4.77. The summed E-state index contributed by atoms with van der Waals surface area (Å²) in [5, 5.41) is -0.166. The SMILES string of the molecule is CC(N)C1CCN(S(=O)(=O)c2ccc(Cl)cc2C(F)(F)F)C1. The summed E-state index contributed by atoms with van der Waals surface area (Å²) in [6.45, 7) is 2.04. The molecule has 0 spiro atoms. The molecule has 2 rings (SSSR count). The highest BCUT2D eigenvalue weighted by atomic mass is 35.5. The van der Waals surface area contributed by atoms with E-state index in [2.05, 4.69) is 0 Å². The molecule has 1 aromatic carbocycles. The Hall–Kier alpha value is -0.830. The minimum atomic E-state index is -4.80. The van der Waals surface area contributed by atoms with Crippen LogP contribution in [0.3, 0.4) is 0 Å². The monoisotopic (exact) mass is 356 g/mol. The molecule has 0 radical (unpaired) electrons. The van der Waals surface area contributed by atoms with Crippen molar-refractivity contribution in [3.05, 3.63) is 28.8 Å². The van der Waals surface area contributed by atoms with E-state index in [1.54, 1.807) is 6.92 Å². The van der Waals surface area contributed by atoms with Gasteiger partial charge in [-0.05, 0) is 37.5 Å². The van der Waals surface area contributed by atoms with Crippen LogP contribution < -0.4 is 5.73 Å². The van der Waals surface area contributed by atoms with Crippen LogP contribution in [0.2, 0.25) is 5.02 Å². The van der Waals surface area contributed by atoms with Crippen LogP contribution in [0.1, 0.15) is 18.9 Å². The molecule has 1 heterocycles. The molecule has 124 valence electrons. The van der Waals surface area contributed by atoms with E-state index in [9.17, 15) is 21.6 Å². The first-order valence-electron chi connectivity index (χ1n) is 6.66. The lowest BCUT2D eigenvalue weighted by atomic mass is 10.0. The van der Waals surface area contributed by atoms with Gasteiger partial charge in [0.1, 0.15) is 0 Å². The van der Waals surface area contributed by atoms with Crippen molar-refractivity contribution < 1.29 is 21.6 Å². The summed E-state index contributed by atoms with van der Waals surface area (Å²) >= 11 is 5.57. The first kappa shape index (κ1) is 17.5. The second-order valence-electron chi connectivity index (χ2n) is 5.41. The average Bonchev–Trinajstić information content (AvgIpc) is 2.87. The molecule has 1 saturated heterocycles. The van der Waals surface area contributed by atoms with Gasteiger partial charge in [0.15, 0.2) is 0 Å². The van der Waals surface area contributed by atoms with Crippen molar-refractivity contribution in [2.45, 2.75) is 30.5 Å². The van der Waals surface area contributed by atoms with Gasteiger partial charge in [0.05, 0.1) is 10.5 Å². The summed E-state index contributed by atoms with van der Waals surface area (Å²) in [6, 6.07) is 2.46. The van der Waals surface area contributed by atoms with Crippen LogP contribution in [0, 0.1) is 5.92 Å². The Morgan fingerprint density at radius 3 is 2.55 bits per heavy atom. The van der Waals surface area contributed by atoms with Gasteiger partial charge in [-0.3, -0.25) is 0 Å². The van der Waals surface area contributed by atoms with Gasteiger partial charge in [-0.2, -0.15) is 17.5 Å². The molecule has 0 saturated carbocycles. The van der Waals surface area contributed by atoms with Crippen molar-refractivity contribution in [1.82, 2.24) is 4.31 Å². The highest BCUT2D eigenvalue weighted by Crippen LogP contribution is 2.38. The molecule has 0 aliphatic carbocycles. The lowest BCUT2D eigenvalue weighted by Crippen LogP contribution is -2.33. The van der Waals surface area contributed by atoms with E-state index in [4.69, 9.17) is 17.3 Å². The molecule has 2 unspecified atom stereocenters. The topological polar surface area (TPSA) is 63.4 Å². The number of nitrogens with two attached hydrogens (primary N) is 1. The highest BCUT2D eigenvalue weighted by molar-refractivity contribution is 7.89. The Labute approximate surface area is 132 Å². The first-order valence-corrected chi connectivity index (χ1v) is 8.47. The van der Waals surface area contributed by atoms with Gasteiger partial charge >= 0.3 is 6.18 Å². The van der Waals surface area contributed by atoms with Crippen molar-refractivity contribution in [3.8, 4) is 0 Å². The average molecular weight is 357 g/mol. The van der Waals surface area contributed by atoms with Gasteiger partial charge in [-0.15, -0.1) is 0 Å². The Morgan fingerprint density at radius 2 is 2.05 bits per heavy atom. The standard InChI is InChI=1S/C13H16ClF3N2O2S/c1-8(18)9-4-5-19(7-9)22(20,21)12-3-2-10(14)6-11(12)13(15,16)17/h2-3,6,8-9H,4-5,7,18H2,1H3. The predicted octanol–water partition coefficient (Wildman–Crippen LogP) is 2.72. The van der Waals surface area contributed by atoms with Crippen LogP contribution >= 0.6 is 11.6 Å². The molecule has 22 heavy (non-hydrogen) atoms. The molecule has 0 aromatic heterocycles. The fourth-order valence-electron chi connectivity index (χ4n) is 2.49. The van der Waals surface area contributed by atoms with Crippen LogP contribution in [0.4, 0.5) is 13.2 Å². The van der Waals surface area contributed by atoms with Gasteiger partial charge in [-0.1, -0.05) is 11.6 Å². The zero-order chi connectivity index (χ0) is 16.7. The van der Waals surface area contributed by atoms with E-state index >= 15 is 0 Å². The van der Waals surface area contributed by atoms with Crippen molar-refractivity contribution >= 4 is 21.6 Å². The second kappa shape index (κ2) is 5.99. The zero-order valence-electron chi connectivity index (χ0n) is 11.8. The van der Waals surface area contributed by atoms with Gasteiger partial charge < -0.3 is 5.73 Å². The highest BCUT2D eigenvalue weighted by Gasteiger charge is 2.41. The molecule has 1 fully saturated rings. The Morgan fingerprint density at radius 1 is 1.41 bits per heavy atom. The van der Waals surface area contributed by atoms with E-state index < -0.39 is 26.7 Å². The quantitative estimate of drug-likeness (QED) is 0.905. The Bertz CT molecular complexity index is 662. The maximum absolute atomic E-state index is 13.1. The number of nitrogens with zero attached hydrogens (tertiary/aromatic N) is 1. The Balaban J connectivity index is 2.43. The molecule has 1 aliphatic heterocycles. The summed E-state index contributed by atoms with van der Waals surface area (Å²) < 4.78 is 65.4. The third kappa shape index (κ3) is 3.40. The van der Waals surface area contributed by atoms with E-state index in [0.29, 0.717) is 12.5 Å². The van der Waals surface area contributed by atoms with Gasteiger partial charge in [0.2, 0.25) is 10.0 Å². The zero-order valence-corrected chi connectivity index (χ0v) is 13.3. The van der Waals surface area contributed by atoms with Crippen molar-refractivity contribution in [3.63, 3.8) is 0 Å². The maximum atomic E-state index is 13.1. The number of halogens is 4. The number of rotatable bonds is 3. The number of alkyl halides is 3. The lowest BCUT2D eigenvalue weighted by molar-refractivity contribution is -0.139. The smallest absolute Gasteiger partial charge is 0.328 e. The van der Waals surface area contributed by atoms with E-state index in [1.807, 2.05) is 0 Å². The van der Waals surface area contributed by atoms with Crippen LogP contribution in [-0.2, 0) is 16.2 Å². The maximum Gasteiger partial charge on any atom is 0.417 e. The fraction of sp³-hybridized carbons (Fsp3) is 0.538. The minimum absolute atomic E-state index is 0.0589. The van der Waals surface area contributed by atoms with Crippen LogP contribution in [0.25, 0.3) is 0 Å². The molecule has 9 heteroatoms. The predicted molar refractivity (Wildman–Crippen MR) is 77.0 cm³/mol. The number of sulfonamides is 1. The van der Waals surface area contributed by atoms with Gasteiger partial charge in [0, 0.05) is 24.2 Å². The summed E-state index contributed by atoms with van der Waals surface area (Å²) in [4.78, 5) is -0.769. The van der Waals surface area contributed by atoms with Crippen LogP contribution in [0.5, 0.6) is 0 Å². The van der Waals surface area contributed by atoms with E-state index in [0.717, 1.165) is 16.4 Å². The van der Waals surface area contributed by atoms with Crippen LogP contribution in [0.15, 0.2) is 23.1 Å². The molecule has 0 bridgehead atoms. The minimum Gasteiger partial charge on any atom is -0.328 e. The number of hydrogen-bond acceptors (Lipinski definition) is 3.